The van der Waals surface area contributed by atoms with Crippen LogP contribution in [-0.4, -0.2) is 68.5 Å². The van der Waals surface area contributed by atoms with E-state index in [1.165, 1.54) is 186 Å². The van der Waals surface area contributed by atoms with Crippen LogP contribution in [0, 0.1) is 0 Å². The highest BCUT2D eigenvalue weighted by Crippen LogP contribution is 2.38. The number of rotatable bonds is 56. The molecule has 0 rings (SSSR count). The number of aliphatic hydroxyl groups excluding tert-OH is 1. The summed E-state index contributed by atoms with van der Waals surface area (Å²) in [4.78, 5) is 25.5. The predicted molar refractivity (Wildman–Crippen MR) is 316 cm³/mol. The average Bonchev–Trinajstić information content (AvgIpc) is 3.35. The van der Waals surface area contributed by atoms with Gasteiger partial charge in [0.25, 0.3) is 7.82 Å². The van der Waals surface area contributed by atoms with Gasteiger partial charge in [-0.2, -0.15) is 0 Å². The van der Waals surface area contributed by atoms with Gasteiger partial charge in [-0.05, 0) is 64.2 Å². The Hall–Kier alpha value is -2.06. The lowest BCUT2D eigenvalue weighted by molar-refractivity contribution is -0.870. The normalized spacial score (nSPS) is 14.3. The number of aliphatic hydroxyl groups is 1. The summed E-state index contributed by atoms with van der Waals surface area (Å²) in [6, 6.07) is -0.886. The van der Waals surface area contributed by atoms with Gasteiger partial charge < -0.3 is 28.8 Å². The van der Waals surface area contributed by atoms with Crippen molar-refractivity contribution in [2.24, 2.45) is 0 Å². The van der Waals surface area contributed by atoms with E-state index in [9.17, 15) is 19.4 Å². The first-order valence-corrected chi connectivity index (χ1v) is 32.3. The lowest BCUT2D eigenvalue weighted by Crippen LogP contribution is -2.45. The number of phosphoric acid groups is 1. The molecule has 0 aliphatic heterocycles. The quantitative estimate of drug-likeness (QED) is 0.0272. The Balaban J connectivity index is 3.96. The summed E-state index contributed by atoms with van der Waals surface area (Å²) < 4.78 is 23.3. The van der Waals surface area contributed by atoms with Crippen LogP contribution in [0.1, 0.15) is 277 Å². The molecule has 0 aromatic rings. The van der Waals surface area contributed by atoms with Gasteiger partial charge >= 0.3 is 0 Å². The van der Waals surface area contributed by atoms with Crippen molar-refractivity contribution < 1.29 is 32.9 Å². The van der Waals surface area contributed by atoms with Crippen LogP contribution in [0.2, 0.25) is 0 Å². The van der Waals surface area contributed by atoms with Crippen molar-refractivity contribution in [1.82, 2.24) is 5.32 Å². The fourth-order valence-corrected chi connectivity index (χ4v) is 9.61. The van der Waals surface area contributed by atoms with E-state index in [0.717, 1.165) is 70.6 Å². The summed E-state index contributed by atoms with van der Waals surface area (Å²) in [5.41, 5.74) is 0. The van der Waals surface area contributed by atoms with Crippen molar-refractivity contribution in [3.8, 4) is 0 Å². The van der Waals surface area contributed by atoms with E-state index < -0.39 is 20.0 Å². The molecule has 0 radical (unpaired) electrons. The zero-order valence-electron chi connectivity index (χ0n) is 48.6. The number of hydrogen-bond donors (Lipinski definition) is 2. The molecular weight excluding hydrogens is 924 g/mol. The summed E-state index contributed by atoms with van der Waals surface area (Å²) in [5.74, 6) is -0.195. The second kappa shape index (κ2) is 54.7. The minimum Gasteiger partial charge on any atom is -0.756 e. The third-order valence-corrected chi connectivity index (χ3v) is 14.6. The van der Waals surface area contributed by atoms with E-state index in [1.54, 1.807) is 6.08 Å². The summed E-state index contributed by atoms with van der Waals surface area (Å²) in [6.45, 7) is 4.55. The predicted octanol–water partition coefficient (Wildman–Crippen LogP) is 18.4. The number of likely N-dealkylation sites (N-methyl/N-ethyl adjacent to an activating group) is 1. The largest absolute Gasteiger partial charge is 0.756 e. The van der Waals surface area contributed by atoms with Crippen molar-refractivity contribution in [3.05, 3.63) is 72.9 Å². The van der Waals surface area contributed by atoms with Crippen molar-refractivity contribution in [3.63, 3.8) is 0 Å². The van der Waals surface area contributed by atoms with Crippen molar-refractivity contribution in [2.45, 2.75) is 289 Å². The van der Waals surface area contributed by atoms with Crippen LogP contribution in [0.4, 0.5) is 0 Å². The molecule has 0 spiro atoms. The number of allylic oxidation sites excluding steroid dienone is 11. The van der Waals surface area contributed by atoms with E-state index in [2.05, 4.69) is 79.9 Å². The summed E-state index contributed by atoms with van der Waals surface area (Å²) in [6.07, 6.45) is 75.7. The van der Waals surface area contributed by atoms with Crippen LogP contribution < -0.4 is 10.2 Å². The molecule has 3 atom stereocenters. The van der Waals surface area contributed by atoms with E-state index >= 15 is 0 Å². The molecule has 0 aliphatic rings. The van der Waals surface area contributed by atoms with Gasteiger partial charge in [0.1, 0.15) is 13.2 Å². The highest BCUT2D eigenvalue weighted by Gasteiger charge is 2.23. The van der Waals surface area contributed by atoms with Crippen molar-refractivity contribution >= 4 is 13.7 Å². The van der Waals surface area contributed by atoms with Crippen LogP contribution in [-0.2, 0) is 18.4 Å². The number of nitrogens with zero attached hydrogens (tertiary/aromatic N) is 1. The molecule has 0 aromatic carbocycles. The second-order valence-corrected chi connectivity index (χ2v) is 23.4. The maximum absolute atomic E-state index is 13.0. The number of amides is 1. The topological polar surface area (TPSA) is 108 Å². The molecule has 9 heteroatoms. The number of carbonyl (C=O) groups is 1. The van der Waals surface area contributed by atoms with Gasteiger partial charge in [0.05, 0.1) is 39.9 Å². The monoisotopic (exact) mass is 1040 g/mol. The molecule has 8 nitrogen and oxygen atoms in total. The Bertz CT molecular complexity index is 1420. The Morgan fingerprint density at radius 3 is 1.22 bits per heavy atom. The molecular formula is C64H119N2O6P. The zero-order chi connectivity index (χ0) is 53.5. The molecule has 0 saturated heterocycles. The second-order valence-electron chi connectivity index (χ2n) is 22.0. The zero-order valence-corrected chi connectivity index (χ0v) is 49.5. The maximum Gasteiger partial charge on any atom is 0.268 e. The Labute approximate surface area is 453 Å². The SMILES string of the molecule is CC/C=C\C/C=C\C/C=C\C/C=C\C/C=C\CCCCCCCCCCCCCCCCCCCCCCCC(=O)NC(COP(=O)([O-])OCC[N+](C)(C)C)C(O)/C=C/CCCCCCCCCCCCCC. The third-order valence-electron chi connectivity index (χ3n) is 13.7. The average molecular weight is 1040 g/mol. The molecule has 0 fully saturated rings. The van der Waals surface area contributed by atoms with Crippen molar-refractivity contribution in [1.29, 1.82) is 0 Å². The van der Waals surface area contributed by atoms with Gasteiger partial charge in [0.15, 0.2) is 0 Å². The van der Waals surface area contributed by atoms with Gasteiger partial charge in [0, 0.05) is 6.42 Å². The van der Waals surface area contributed by atoms with Crippen LogP contribution in [0.25, 0.3) is 0 Å². The molecule has 73 heavy (non-hydrogen) atoms. The Kier molecular flexibility index (Phi) is 53.2. The van der Waals surface area contributed by atoms with Gasteiger partial charge in [-0.1, -0.05) is 279 Å². The van der Waals surface area contributed by atoms with Crippen LogP contribution in [0.5, 0.6) is 0 Å². The first-order valence-electron chi connectivity index (χ1n) is 30.8. The molecule has 0 aromatic heterocycles. The molecule has 0 aliphatic carbocycles. The van der Waals surface area contributed by atoms with Crippen LogP contribution in [0.15, 0.2) is 72.9 Å². The highest BCUT2D eigenvalue weighted by molar-refractivity contribution is 7.45. The lowest BCUT2D eigenvalue weighted by Gasteiger charge is -2.29. The number of nitrogens with one attached hydrogen (secondary N) is 1. The number of hydrogen-bond acceptors (Lipinski definition) is 6. The molecule has 0 heterocycles. The molecule has 0 bridgehead atoms. The first-order chi connectivity index (χ1) is 35.5. The maximum atomic E-state index is 13.0. The summed E-state index contributed by atoms with van der Waals surface area (Å²) in [5, 5.41) is 13.9. The molecule has 2 N–H and O–H groups in total. The number of carbonyl (C=O) groups excluding carboxylic acids is 1. The van der Waals surface area contributed by atoms with Crippen LogP contribution >= 0.6 is 7.82 Å². The van der Waals surface area contributed by atoms with Crippen molar-refractivity contribution in [2.75, 3.05) is 40.9 Å². The highest BCUT2D eigenvalue weighted by atomic mass is 31.2. The third kappa shape index (κ3) is 57.5. The van der Waals surface area contributed by atoms with E-state index in [4.69, 9.17) is 9.05 Å². The molecule has 1 amide bonds. The first kappa shape index (κ1) is 70.9. The number of quaternary nitrogens is 1. The summed E-state index contributed by atoms with van der Waals surface area (Å²) >= 11 is 0. The van der Waals surface area contributed by atoms with Crippen LogP contribution in [0.3, 0.4) is 0 Å². The van der Waals surface area contributed by atoms with Gasteiger partial charge in [-0.15, -0.1) is 0 Å². The van der Waals surface area contributed by atoms with Gasteiger partial charge in [-0.25, -0.2) is 0 Å². The van der Waals surface area contributed by atoms with E-state index in [1.807, 2.05) is 27.2 Å². The number of phosphoric ester groups is 1. The fourth-order valence-electron chi connectivity index (χ4n) is 8.89. The van der Waals surface area contributed by atoms with E-state index in [0.29, 0.717) is 17.4 Å². The van der Waals surface area contributed by atoms with Gasteiger partial charge in [-0.3, -0.25) is 9.36 Å². The molecule has 426 valence electrons. The van der Waals surface area contributed by atoms with E-state index in [-0.39, 0.29) is 19.1 Å². The standard InChI is InChI=1S/C64H119N2O6P/c1-6-8-10-12-14-16-18-20-22-23-24-25-26-27-28-29-30-31-32-33-34-35-36-37-38-39-40-41-42-43-44-46-48-50-52-54-56-58-64(68)65-62(61-72-73(69,70)71-60-59-66(3,4)5)63(67)57-55-53-51-49-47-45-21-19-17-15-13-11-9-7-2/h8,10,14,16,20,22,24-25,27-28,55,57,62-63,67H,6-7,9,11-13,15,17-19,21,23,26,29-54,56,58-61H2,1-5H3,(H-,65,68,69,70)/b10-8-,16-14-,22-20-,25-24-,28-27-,57-55+. The lowest BCUT2D eigenvalue weighted by atomic mass is 10.0. The summed E-state index contributed by atoms with van der Waals surface area (Å²) in [7, 11) is 1.27. The minimum absolute atomic E-state index is 0.000944. The number of unbranched alkanes of at least 4 members (excludes halogenated alkanes) is 33. The van der Waals surface area contributed by atoms with Gasteiger partial charge in [0.2, 0.25) is 5.91 Å². The Morgan fingerprint density at radius 2 is 0.836 bits per heavy atom. The minimum atomic E-state index is -4.59. The molecule has 3 unspecified atom stereocenters. The smallest absolute Gasteiger partial charge is 0.268 e. The molecule has 0 saturated carbocycles. The Morgan fingerprint density at radius 1 is 0.493 bits per heavy atom. The fraction of sp³-hybridized carbons (Fsp3) is 0.797.